The molecule has 0 saturated carbocycles. The van der Waals surface area contributed by atoms with Crippen molar-refractivity contribution in [2.24, 2.45) is 11.7 Å². The average molecular weight is 241 g/mol. The van der Waals surface area contributed by atoms with Crippen LogP contribution in [0.3, 0.4) is 0 Å². The van der Waals surface area contributed by atoms with Crippen LogP contribution in [0.5, 0.6) is 0 Å². The Morgan fingerprint density at radius 3 is 2.00 bits per heavy atom. The van der Waals surface area contributed by atoms with Crippen molar-refractivity contribution in [3.8, 4) is 0 Å². The molecule has 3 heteroatoms. The third kappa shape index (κ3) is 4.94. The molecule has 1 unspecified atom stereocenters. The first-order valence-corrected chi connectivity index (χ1v) is 7.03. The van der Waals surface area contributed by atoms with Crippen molar-refractivity contribution in [3.05, 3.63) is 0 Å². The highest BCUT2D eigenvalue weighted by Gasteiger charge is 2.25. The largest absolute Gasteiger partial charge is 0.327 e. The van der Waals surface area contributed by atoms with Gasteiger partial charge in [0, 0.05) is 37.8 Å². The van der Waals surface area contributed by atoms with Crippen LogP contribution in [-0.2, 0) is 0 Å². The van der Waals surface area contributed by atoms with E-state index in [9.17, 15) is 0 Å². The van der Waals surface area contributed by atoms with Crippen LogP contribution in [0, 0.1) is 5.92 Å². The molecule has 1 fully saturated rings. The van der Waals surface area contributed by atoms with Gasteiger partial charge in [-0.05, 0) is 39.7 Å². The van der Waals surface area contributed by atoms with Gasteiger partial charge in [-0.1, -0.05) is 13.8 Å². The molecule has 1 saturated heterocycles. The standard InChI is InChI=1S/C14H31N3/c1-12(2)13(15)6-7-16-8-10-17(11-9-16)14(3,4)5/h12-13H,6-11,15H2,1-5H3. The molecule has 0 aromatic rings. The smallest absolute Gasteiger partial charge is 0.0126 e. The molecular weight excluding hydrogens is 210 g/mol. The Morgan fingerprint density at radius 2 is 1.59 bits per heavy atom. The maximum absolute atomic E-state index is 6.09. The minimum absolute atomic E-state index is 0.320. The predicted molar refractivity (Wildman–Crippen MR) is 75.2 cm³/mol. The second kappa shape index (κ2) is 6.17. The van der Waals surface area contributed by atoms with E-state index in [-0.39, 0.29) is 0 Å². The first-order chi connectivity index (χ1) is 7.80. The molecule has 0 radical (unpaired) electrons. The molecule has 0 aromatic carbocycles. The SMILES string of the molecule is CC(C)C(N)CCN1CCN(C(C)(C)C)CC1. The lowest BCUT2D eigenvalue weighted by Crippen LogP contribution is -2.53. The van der Waals surface area contributed by atoms with E-state index < -0.39 is 0 Å². The van der Waals surface area contributed by atoms with Crippen molar-refractivity contribution in [3.63, 3.8) is 0 Å². The van der Waals surface area contributed by atoms with Crippen molar-refractivity contribution in [2.75, 3.05) is 32.7 Å². The highest BCUT2D eigenvalue weighted by molar-refractivity contribution is 4.82. The molecule has 2 N–H and O–H groups in total. The number of hydrogen-bond donors (Lipinski definition) is 1. The Bertz CT molecular complexity index is 212. The number of hydrogen-bond acceptors (Lipinski definition) is 3. The Kier molecular flexibility index (Phi) is 5.42. The number of nitrogens with zero attached hydrogens (tertiary/aromatic N) is 2. The predicted octanol–water partition coefficient (Wildman–Crippen LogP) is 1.78. The van der Waals surface area contributed by atoms with Gasteiger partial charge in [0.15, 0.2) is 0 Å². The highest BCUT2D eigenvalue weighted by atomic mass is 15.3. The molecule has 3 nitrogen and oxygen atoms in total. The summed E-state index contributed by atoms with van der Waals surface area (Å²) in [6.45, 7) is 17.3. The van der Waals surface area contributed by atoms with Gasteiger partial charge in [-0.2, -0.15) is 0 Å². The maximum atomic E-state index is 6.09. The highest BCUT2D eigenvalue weighted by Crippen LogP contribution is 2.16. The van der Waals surface area contributed by atoms with Crippen molar-refractivity contribution >= 4 is 0 Å². The normalized spacial score (nSPS) is 22.1. The van der Waals surface area contributed by atoms with Gasteiger partial charge in [0.25, 0.3) is 0 Å². The number of rotatable bonds is 4. The third-order valence-electron chi connectivity index (χ3n) is 3.96. The lowest BCUT2D eigenvalue weighted by Gasteiger charge is -2.42. The first kappa shape index (κ1) is 14.9. The second-order valence-corrected chi connectivity index (χ2v) is 6.70. The van der Waals surface area contributed by atoms with Crippen LogP contribution in [0.2, 0.25) is 0 Å². The van der Waals surface area contributed by atoms with Gasteiger partial charge in [-0.25, -0.2) is 0 Å². The number of piperazine rings is 1. The molecule has 102 valence electrons. The van der Waals surface area contributed by atoms with Gasteiger partial charge >= 0.3 is 0 Å². The van der Waals surface area contributed by atoms with Crippen LogP contribution in [0.25, 0.3) is 0 Å². The van der Waals surface area contributed by atoms with E-state index in [1.54, 1.807) is 0 Å². The minimum Gasteiger partial charge on any atom is -0.327 e. The van der Waals surface area contributed by atoms with Gasteiger partial charge in [0.05, 0.1) is 0 Å². The first-order valence-electron chi connectivity index (χ1n) is 7.03. The van der Waals surface area contributed by atoms with Crippen molar-refractivity contribution in [2.45, 2.75) is 52.6 Å². The average Bonchev–Trinajstić information content (AvgIpc) is 2.25. The van der Waals surface area contributed by atoms with Gasteiger partial charge in [0.2, 0.25) is 0 Å². The molecule has 0 aromatic heterocycles. The zero-order valence-electron chi connectivity index (χ0n) is 12.4. The van der Waals surface area contributed by atoms with E-state index in [1.165, 1.54) is 26.2 Å². The van der Waals surface area contributed by atoms with Crippen molar-refractivity contribution in [1.82, 2.24) is 9.80 Å². The lowest BCUT2D eigenvalue weighted by molar-refractivity contribution is 0.0605. The molecule has 17 heavy (non-hydrogen) atoms. The quantitative estimate of drug-likeness (QED) is 0.814. The maximum Gasteiger partial charge on any atom is 0.0126 e. The van der Waals surface area contributed by atoms with Gasteiger partial charge < -0.3 is 10.6 Å². The fourth-order valence-electron chi connectivity index (χ4n) is 2.31. The van der Waals surface area contributed by atoms with E-state index in [4.69, 9.17) is 5.73 Å². The zero-order valence-corrected chi connectivity index (χ0v) is 12.4. The zero-order chi connectivity index (χ0) is 13.1. The molecule has 1 aliphatic heterocycles. The summed E-state index contributed by atoms with van der Waals surface area (Å²) in [4.78, 5) is 5.14. The Hall–Kier alpha value is -0.120. The van der Waals surface area contributed by atoms with Crippen LogP contribution >= 0.6 is 0 Å². The minimum atomic E-state index is 0.320. The van der Waals surface area contributed by atoms with Crippen LogP contribution in [0.1, 0.15) is 41.0 Å². The topological polar surface area (TPSA) is 32.5 Å². The van der Waals surface area contributed by atoms with Crippen LogP contribution < -0.4 is 5.73 Å². The summed E-state index contributed by atoms with van der Waals surface area (Å²) < 4.78 is 0. The summed E-state index contributed by atoms with van der Waals surface area (Å²) in [6.07, 6.45) is 1.13. The second-order valence-electron chi connectivity index (χ2n) is 6.70. The molecule has 0 aliphatic carbocycles. The lowest BCUT2D eigenvalue weighted by atomic mass is 10.0. The van der Waals surface area contributed by atoms with Gasteiger partial charge in [-0.3, -0.25) is 4.90 Å². The van der Waals surface area contributed by atoms with E-state index in [2.05, 4.69) is 44.4 Å². The van der Waals surface area contributed by atoms with E-state index >= 15 is 0 Å². The summed E-state index contributed by atoms with van der Waals surface area (Å²) in [6, 6.07) is 0.357. The Balaban J connectivity index is 2.24. The third-order valence-corrected chi connectivity index (χ3v) is 3.96. The van der Waals surface area contributed by atoms with Crippen LogP contribution in [-0.4, -0.2) is 54.1 Å². The molecule has 1 aliphatic rings. The summed E-state index contributed by atoms with van der Waals surface area (Å²) in [5.74, 6) is 0.603. The van der Waals surface area contributed by atoms with E-state index in [0.29, 0.717) is 17.5 Å². The summed E-state index contributed by atoms with van der Waals surface area (Å²) in [5.41, 5.74) is 6.41. The molecule has 0 amide bonds. The summed E-state index contributed by atoms with van der Waals surface area (Å²) in [5, 5.41) is 0. The van der Waals surface area contributed by atoms with E-state index in [1.807, 2.05) is 0 Å². The van der Waals surface area contributed by atoms with Crippen molar-refractivity contribution in [1.29, 1.82) is 0 Å². The van der Waals surface area contributed by atoms with Crippen LogP contribution in [0.15, 0.2) is 0 Å². The van der Waals surface area contributed by atoms with Gasteiger partial charge in [-0.15, -0.1) is 0 Å². The summed E-state index contributed by atoms with van der Waals surface area (Å²) >= 11 is 0. The monoisotopic (exact) mass is 241 g/mol. The fraction of sp³-hybridized carbons (Fsp3) is 1.00. The molecule has 1 rings (SSSR count). The molecule has 1 heterocycles. The molecule has 1 atom stereocenters. The molecular formula is C14H31N3. The Morgan fingerprint density at radius 1 is 1.06 bits per heavy atom. The Labute approximate surface area is 107 Å². The van der Waals surface area contributed by atoms with E-state index in [0.717, 1.165) is 13.0 Å². The van der Waals surface area contributed by atoms with Crippen LogP contribution in [0.4, 0.5) is 0 Å². The fourth-order valence-corrected chi connectivity index (χ4v) is 2.31. The van der Waals surface area contributed by atoms with Crippen molar-refractivity contribution < 1.29 is 0 Å². The summed E-state index contributed by atoms with van der Waals surface area (Å²) in [7, 11) is 0. The molecule has 0 spiro atoms. The number of nitrogens with two attached hydrogens (primary N) is 1. The molecule has 0 bridgehead atoms. The van der Waals surface area contributed by atoms with Gasteiger partial charge in [0.1, 0.15) is 0 Å².